The van der Waals surface area contributed by atoms with Gasteiger partial charge < -0.3 is 5.32 Å². The largest absolute Gasteiger partial charge is 0.345 e. The minimum absolute atomic E-state index is 0.0168. The second-order valence-corrected chi connectivity index (χ2v) is 5.89. The molecule has 3 heteroatoms. The van der Waals surface area contributed by atoms with E-state index in [1.54, 1.807) is 0 Å². The van der Waals surface area contributed by atoms with Crippen LogP contribution in [0.5, 0.6) is 0 Å². The summed E-state index contributed by atoms with van der Waals surface area (Å²) < 4.78 is 0.826. The predicted octanol–water partition coefficient (Wildman–Crippen LogP) is 4.56. The van der Waals surface area contributed by atoms with E-state index in [-0.39, 0.29) is 11.9 Å². The standard InChI is InChI=1S/C17H18BrNO/c1-11-8-9-15(16(18)10-11)17(20)19-13(3)14-7-5-4-6-12(14)2/h4-10,13H,1-3H3,(H,19,20). The molecular weight excluding hydrogens is 314 g/mol. The lowest BCUT2D eigenvalue weighted by atomic mass is 10.0. The van der Waals surface area contributed by atoms with Crippen LogP contribution in [0.1, 0.15) is 40.0 Å². The molecule has 0 radical (unpaired) electrons. The van der Waals surface area contributed by atoms with Crippen LogP contribution in [0, 0.1) is 13.8 Å². The summed E-state index contributed by atoms with van der Waals surface area (Å²) in [5.41, 5.74) is 4.11. The van der Waals surface area contributed by atoms with Crippen molar-refractivity contribution in [3.63, 3.8) is 0 Å². The second-order valence-electron chi connectivity index (χ2n) is 5.04. The molecule has 2 rings (SSSR count). The number of carbonyl (C=O) groups excluding carboxylic acids is 1. The monoisotopic (exact) mass is 331 g/mol. The first-order valence-corrected chi connectivity index (χ1v) is 7.41. The summed E-state index contributed by atoms with van der Waals surface area (Å²) in [7, 11) is 0. The highest BCUT2D eigenvalue weighted by Crippen LogP contribution is 2.21. The third-order valence-corrected chi connectivity index (χ3v) is 4.03. The van der Waals surface area contributed by atoms with Crippen molar-refractivity contribution in [3.8, 4) is 0 Å². The van der Waals surface area contributed by atoms with Crippen molar-refractivity contribution in [2.45, 2.75) is 26.8 Å². The predicted molar refractivity (Wildman–Crippen MR) is 85.9 cm³/mol. The van der Waals surface area contributed by atoms with Gasteiger partial charge >= 0.3 is 0 Å². The first kappa shape index (κ1) is 14.8. The molecule has 0 aromatic heterocycles. The van der Waals surface area contributed by atoms with Crippen LogP contribution in [0.3, 0.4) is 0 Å². The maximum absolute atomic E-state index is 12.3. The van der Waals surface area contributed by atoms with E-state index in [9.17, 15) is 4.79 Å². The van der Waals surface area contributed by atoms with E-state index in [4.69, 9.17) is 0 Å². The fraction of sp³-hybridized carbons (Fsp3) is 0.235. The van der Waals surface area contributed by atoms with Crippen LogP contribution in [0.4, 0.5) is 0 Å². The van der Waals surface area contributed by atoms with Gasteiger partial charge in [0.15, 0.2) is 0 Å². The van der Waals surface area contributed by atoms with Crippen molar-refractivity contribution >= 4 is 21.8 Å². The topological polar surface area (TPSA) is 29.1 Å². The quantitative estimate of drug-likeness (QED) is 0.877. The van der Waals surface area contributed by atoms with Crippen LogP contribution in [0.25, 0.3) is 0 Å². The number of halogens is 1. The van der Waals surface area contributed by atoms with E-state index in [1.165, 1.54) is 5.56 Å². The molecular formula is C17H18BrNO. The highest BCUT2D eigenvalue weighted by atomic mass is 79.9. The lowest BCUT2D eigenvalue weighted by Crippen LogP contribution is -2.27. The molecule has 1 unspecified atom stereocenters. The highest BCUT2D eigenvalue weighted by molar-refractivity contribution is 9.10. The van der Waals surface area contributed by atoms with Gasteiger partial charge in [-0.25, -0.2) is 0 Å². The van der Waals surface area contributed by atoms with E-state index in [0.29, 0.717) is 5.56 Å². The Labute approximate surface area is 128 Å². The van der Waals surface area contributed by atoms with Gasteiger partial charge in [0.25, 0.3) is 5.91 Å². The Morgan fingerprint density at radius 1 is 1.15 bits per heavy atom. The zero-order valence-electron chi connectivity index (χ0n) is 11.9. The Hall–Kier alpha value is -1.61. The Bertz CT molecular complexity index is 637. The van der Waals surface area contributed by atoms with Gasteiger partial charge in [0, 0.05) is 4.47 Å². The van der Waals surface area contributed by atoms with Crippen LogP contribution >= 0.6 is 15.9 Å². The van der Waals surface area contributed by atoms with Crippen molar-refractivity contribution < 1.29 is 4.79 Å². The normalized spacial score (nSPS) is 12.0. The molecule has 0 fully saturated rings. The molecule has 0 aliphatic rings. The zero-order chi connectivity index (χ0) is 14.7. The lowest BCUT2D eigenvalue weighted by molar-refractivity contribution is 0.0939. The highest BCUT2D eigenvalue weighted by Gasteiger charge is 2.14. The molecule has 2 aromatic rings. The number of carbonyl (C=O) groups is 1. The molecule has 1 atom stereocenters. The van der Waals surface area contributed by atoms with Crippen LogP contribution in [-0.4, -0.2) is 5.91 Å². The van der Waals surface area contributed by atoms with Gasteiger partial charge in [0.2, 0.25) is 0 Å². The number of hydrogen-bond donors (Lipinski definition) is 1. The Morgan fingerprint density at radius 2 is 1.85 bits per heavy atom. The van der Waals surface area contributed by atoms with Crippen LogP contribution < -0.4 is 5.32 Å². The molecule has 0 bridgehead atoms. The fourth-order valence-electron chi connectivity index (χ4n) is 2.23. The summed E-state index contributed by atoms with van der Waals surface area (Å²) in [6.45, 7) is 6.06. The Balaban J connectivity index is 2.17. The van der Waals surface area contributed by atoms with E-state index in [0.717, 1.165) is 15.6 Å². The van der Waals surface area contributed by atoms with Gasteiger partial charge in [0.05, 0.1) is 11.6 Å². The van der Waals surface area contributed by atoms with Crippen molar-refractivity contribution in [1.29, 1.82) is 0 Å². The molecule has 104 valence electrons. The maximum Gasteiger partial charge on any atom is 0.252 e. The molecule has 0 aliphatic heterocycles. The van der Waals surface area contributed by atoms with Gasteiger partial charge in [-0.15, -0.1) is 0 Å². The molecule has 0 spiro atoms. The molecule has 0 saturated carbocycles. The summed E-state index contributed by atoms with van der Waals surface area (Å²) in [6.07, 6.45) is 0. The number of amides is 1. The van der Waals surface area contributed by atoms with Crippen LogP contribution in [0.2, 0.25) is 0 Å². The smallest absolute Gasteiger partial charge is 0.252 e. The molecule has 0 aliphatic carbocycles. The lowest BCUT2D eigenvalue weighted by Gasteiger charge is -2.17. The van der Waals surface area contributed by atoms with Gasteiger partial charge in [-0.3, -0.25) is 4.79 Å². The summed E-state index contributed by atoms with van der Waals surface area (Å²) in [4.78, 5) is 12.3. The van der Waals surface area contributed by atoms with Gasteiger partial charge in [-0.05, 0) is 65.5 Å². The summed E-state index contributed by atoms with van der Waals surface area (Å²) >= 11 is 3.45. The zero-order valence-corrected chi connectivity index (χ0v) is 13.5. The van der Waals surface area contributed by atoms with Crippen molar-refractivity contribution in [2.24, 2.45) is 0 Å². The van der Waals surface area contributed by atoms with Gasteiger partial charge in [0.1, 0.15) is 0 Å². The molecule has 2 nitrogen and oxygen atoms in total. The van der Waals surface area contributed by atoms with Gasteiger partial charge in [-0.1, -0.05) is 30.3 Å². The number of rotatable bonds is 3. The third kappa shape index (κ3) is 3.28. The first-order valence-electron chi connectivity index (χ1n) is 6.61. The average Bonchev–Trinajstić information content (AvgIpc) is 2.38. The summed E-state index contributed by atoms with van der Waals surface area (Å²) in [5.74, 6) is -0.0624. The molecule has 1 amide bonds. The third-order valence-electron chi connectivity index (χ3n) is 3.37. The van der Waals surface area contributed by atoms with Crippen molar-refractivity contribution in [3.05, 3.63) is 69.2 Å². The average molecular weight is 332 g/mol. The molecule has 20 heavy (non-hydrogen) atoms. The molecule has 2 aromatic carbocycles. The Morgan fingerprint density at radius 3 is 2.50 bits per heavy atom. The first-order chi connectivity index (χ1) is 9.49. The van der Waals surface area contributed by atoms with Crippen LogP contribution in [-0.2, 0) is 0 Å². The van der Waals surface area contributed by atoms with Crippen LogP contribution in [0.15, 0.2) is 46.9 Å². The second kappa shape index (κ2) is 6.23. The molecule has 1 N–H and O–H groups in total. The van der Waals surface area contributed by atoms with Crippen molar-refractivity contribution in [1.82, 2.24) is 5.32 Å². The van der Waals surface area contributed by atoms with E-state index < -0.39 is 0 Å². The maximum atomic E-state index is 12.3. The van der Waals surface area contributed by atoms with Crippen molar-refractivity contribution in [2.75, 3.05) is 0 Å². The Kier molecular flexibility index (Phi) is 4.61. The fourth-order valence-corrected chi connectivity index (χ4v) is 2.90. The summed E-state index contributed by atoms with van der Waals surface area (Å²) in [5, 5.41) is 3.04. The minimum atomic E-state index is -0.0624. The summed E-state index contributed by atoms with van der Waals surface area (Å²) in [6, 6.07) is 13.8. The van der Waals surface area contributed by atoms with E-state index in [1.807, 2.05) is 50.2 Å². The molecule has 0 heterocycles. The SMILES string of the molecule is Cc1ccc(C(=O)NC(C)c2ccccc2C)c(Br)c1. The van der Waals surface area contributed by atoms with E-state index >= 15 is 0 Å². The minimum Gasteiger partial charge on any atom is -0.345 e. The van der Waals surface area contributed by atoms with E-state index in [2.05, 4.69) is 34.2 Å². The molecule has 0 saturated heterocycles. The number of aryl methyl sites for hydroxylation is 2. The number of nitrogens with one attached hydrogen (secondary N) is 1. The van der Waals surface area contributed by atoms with Gasteiger partial charge in [-0.2, -0.15) is 0 Å². The number of benzene rings is 2. The number of hydrogen-bond acceptors (Lipinski definition) is 1.